The highest BCUT2D eigenvalue weighted by Gasteiger charge is 2.22. The number of aromatic nitrogens is 2. The molecule has 0 unspecified atom stereocenters. The van der Waals surface area contributed by atoms with Crippen molar-refractivity contribution in [3.8, 4) is 0 Å². The van der Waals surface area contributed by atoms with Gasteiger partial charge in [0.25, 0.3) is 11.5 Å². The lowest BCUT2D eigenvalue weighted by atomic mass is 10.0. The van der Waals surface area contributed by atoms with E-state index in [1.165, 1.54) is 0 Å². The number of aromatic amines is 2. The van der Waals surface area contributed by atoms with Crippen LogP contribution < -0.4 is 16.6 Å². The van der Waals surface area contributed by atoms with Crippen LogP contribution in [-0.2, 0) is 0 Å². The average molecular weight is 241 g/mol. The first-order chi connectivity index (χ1) is 7.85. The molecule has 0 bridgehead atoms. The molecular formula is C10H15N3O4. The van der Waals surface area contributed by atoms with E-state index in [4.69, 9.17) is 5.11 Å². The Kier molecular flexibility index (Phi) is 3.84. The molecule has 7 nitrogen and oxygen atoms in total. The van der Waals surface area contributed by atoms with Crippen LogP contribution >= 0.6 is 0 Å². The Labute approximate surface area is 96.9 Å². The van der Waals surface area contributed by atoms with Gasteiger partial charge in [-0.3, -0.25) is 14.6 Å². The fourth-order valence-corrected chi connectivity index (χ4v) is 1.30. The third-order valence-electron chi connectivity index (χ3n) is 2.25. The molecule has 1 aromatic rings. The Balaban J connectivity index is 2.91. The van der Waals surface area contributed by atoms with Gasteiger partial charge < -0.3 is 15.4 Å². The van der Waals surface area contributed by atoms with Crippen molar-refractivity contribution >= 4 is 5.91 Å². The molecule has 0 aromatic carbocycles. The summed E-state index contributed by atoms with van der Waals surface area (Å²) in [6.07, 6.45) is 1.42. The Morgan fingerprint density at radius 3 is 2.65 bits per heavy atom. The van der Waals surface area contributed by atoms with Crippen molar-refractivity contribution in [2.75, 3.05) is 6.61 Å². The van der Waals surface area contributed by atoms with Crippen LogP contribution in [0.25, 0.3) is 0 Å². The van der Waals surface area contributed by atoms with Gasteiger partial charge in [0.2, 0.25) is 0 Å². The molecule has 0 spiro atoms. The number of amides is 1. The van der Waals surface area contributed by atoms with E-state index < -0.39 is 22.7 Å². The van der Waals surface area contributed by atoms with Crippen LogP contribution in [0.15, 0.2) is 15.8 Å². The van der Waals surface area contributed by atoms with Crippen LogP contribution in [0.2, 0.25) is 0 Å². The third kappa shape index (κ3) is 3.56. The van der Waals surface area contributed by atoms with Crippen molar-refractivity contribution in [3.63, 3.8) is 0 Å². The molecule has 1 rings (SSSR count). The number of rotatable bonds is 4. The Morgan fingerprint density at radius 1 is 1.47 bits per heavy atom. The number of carbonyl (C=O) groups excluding carboxylic acids is 1. The lowest BCUT2D eigenvalue weighted by Gasteiger charge is -2.24. The first kappa shape index (κ1) is 13.2. The van der Waals surface area contributed by atoms with E-state index in [9.17, 15) is 14.4 Å². The number of aliphatic hydroxyl groups is 1. The normalized spacial score (nSPS) is 11.2. The summed E-state index contributed by atoms with van der Waals surface area (Å²) < 4.78 is 0. The highest BCUT2D eigenvalue weighted by atomic mass is 16.3. The minimum absolute atomic E-state index is 0.0741. The summed E-state index contributed by atoms with van der Waals surface area (Å²) in [5, 5.41) is 11.4. The van der Waals surface area contributed by atoms with E-state index in [0.29, 0.717) is 6.42 Å². The van der Waals surface area contributed by atoms with E-state index >= 15 is 0 Å². The SMILES string of the molecule is CC(C)(CCO)NC(=O)c1c[nH]c(=O)[nH]c1=O. The monoisotopic (exact) mass is 241 g/mol. The van der Waals surface area contributed by atoms with Crippen LogP contribution in [0.5, 0.6) is 0 Å². The molecule has 7 heteroatoms. The third-order valence-corrected chi connectivity index (χ3v) is 2.25. The molecule has 0 aliphatic heterocycles. The van der Waals surface area contributed by atoms with Gasteiger partial charge in [-0.15, -0.1) is 0 Å². The van der Waals surface area contributed by atoms with E-state index in [-0.39, 0.29) is 12.2 Å². The predicted molar refractivity (Wildman–Crippen MR) is 60.9 cm³/mol. The second-order valence-electron chi connectivity index (χ2n) is 4.30. The molecule has 1 amide bonds. The van der Waals surface area contributed by atoms with Crippen molar-refractivity contribution in [1.82, 2.24) is 15.3 Å². The number of aliphatic hydroxyl groups excluding tert-OH is 1. The zero-order valence-corrected chi connectivity index (χ0v) is 9.66. The maximum atomic E-state index is 11.7. The smallest absolute Gasteiger partial charge is 0.325 e. The topological polar surface area (TPSA) is 115 Å². The number of carbonyl (C=O) groups is 1. The van der Waals surface area contributed by atoms with Gasteiger partial charge in [0.05, 0.1) is 0 Å². The summed E-state index contributed by atoms with van der Waals surface area (Å²) in [4.78, 5) is 38.0. The minimum Gasteiger partial charge on any atom is -0.396 e. The average Bonchev–Trinajstić information content (AvgIpc) is 2.15. The molecule has 4 N–H and O–H groups in total. The first-order valence-electron chi connectivity index (χ1n) is 5.11. The Hall–Kier alpha value is -1.89. The summed E-state index contributed by atoms with van der Waals surface area (Å²) in [6, 6.07) is 0. The molecule has 0 aliphatic rings. The summed E-state index contributed by atoms with van der Waals surface area (Å²) in [7, 11) is 0. The maximum absolute atomic E-state index is 11.7. The molecule has 0 aliphatic carbocycles. The molecule has 0 saturated heterocycles. The molecule has 17 heavy (non-hydrogen) atoms. The molecular weight excluding hydrogens is 226 g/mol. The molecule has 94 valence electrons. The van der Waals surface area contributed by atoms with Crippen molar-refractivity contribution in [1.29, 1.82) is 0 Å². The predicted octanol–water partition coefficient (Wildman–Crippen LogP) is -1.05. The van der Waals surface area contributed by atoms with Crippen molar-refractivity contribution in [2.24, 2.45) is 0 Å². The van der Waals surface area contributed by atoms with Gasteiger partial charge in [0, 0.05) is 18.3 Å². The zero-order chi connectivity index (χ0) is 13.1. The molecule has 0 saturated carbocycles. The molecule has 0 fully saturated rings. The van der Waals surface area contributed by atoms with Gasteiger partial charge in [0.15, 0.2) is 0 Å². The van der Waals surface area contributed by atoms with Crippen LogP contribution in [0, 0.1) is 0 Å². The highest BCUT2D eigenvalue weighted by Crippen LogP contribution is 2.07. The van der Waals surface area contributed by atoms with E-state index in [0.717, 1.165) is 6.20 Å². The summed E-state index contributed by atoms with van der Waals surface area (Å²) in [5.41, 5.74) is -2.21. The summed E-state index contributed by atoms with van der Waals surface area (Å²) >= 11 is 0. The Bertz CT molecular complexity index is 515. The van der Waals surface area contributed by atoms with Gasteiger partial charge in [-0.05, 0) is 20.3 Å². The second-order valence-corrected chi connectivity index (χ2v) is 4.30. The second kappa shape index (κ2) is 4.96. The number of H-pyrrole nitrogens is 2. The van der Waals surface area contributed by atoms with Crippen molar-refractivity contribution in [3.05, 3.63) is 32.6 Å². The highest BCUT2D eigenvalue weighted by molar-refractivity contribution is 5.93. The quantitative estimate of drug-likeness (QED) is 0.538. The summed E-state index contributed by atoms with van der Waals surface area (Å²) in [5.74, 6) is -0.596. The van der Waals surface area contributed by atoms with Crippen LogP contribution in [0.4, 0.5) is 0 Å². The Morgan fingerprint density at radius 2 is 2.12 bits per heavy atom. The number of hydrogen-bond donors (Lipinski definition) is 4. The molecule has 0 atom stereocenters. The first-order valence-corrected chi connectivity index (χ1v) is 5.11. The fraction of sp³-hybridized carbons (Fsp3) is 0.500. The fourth-order valence-electron chi connectivity index (χ4n) is 1.30. The van der Waals surface area contributed by atoms with Crippen molar-refractivity contribution < 1.29 is 9.90 Å². The van der Waals surface area contributed by atoms with Gasteiger partial charge in [-0.2, -0.15) is 0 Å². The van der Waals surface area contributed by atoms with Crippen molar-refractivity contribution in [2.45, 2.75) is 25.8 Å². The molecule has 0 radical (unpaired) electrons. The number of nitrogens with one attached hydrogen (secondary N) is 3. The van der Waals surface area contributed by atoms with Gasteiger partial charge in [-0.1, -0.05) is 0 Å². The molecule has 1 aromatic heterocycles. The number of hydrogen-bond acceptors (Lipinski definition) is 4. The largest absolute Gasteiger partial charge is 0.396 e. The standard InChI is InChI=1S/C10H15N3O4/c1-10(2,3-4-14)13-8(16)6-5-11-9(17)12-7(6)15/h5,14H,3-4H2,1-2H3,(H,13,16)(H2,11,12,15,17). The van der Waals surface area contributed by atoms with Gasteiger partial charge >= 0.3 is 5.69 Å². The zero-order valence-electron chi connectivity index (χ0n) is 9.66. The van der Waals surface area contributed by atoms with Crippen LogP contribution in [0.3, 0.4) is 0 Å². The lowest BCUT2D eigenvalue weighted by Crippen LogP contribution is -2.46. The van der Waals surface area contributed by atoms with Gasteiger partial charge in [0.1, 0.15) is 5.56 Å². The minimum atomic E-state index is -0.744. The van der Waals surface area contributed by atoms with E-state index in [1.54, 1.807) is 13.8 Å². The maximum Gasteiger partial charge on any atom is 0.325 e. The van der Waals surface area contributed by atoms with Gasteiger partial charge in [-0.25, -0.2) is 4.79 Å². The summed E-state index contributed by atoms with van der Waals surface area (Å²) in [6.45, 7) is 3.37. The van der Waals surface area contributed by atoms with E-state index in [1.807, 2.05) is 4.98 Å². The van der Waals surface area contributed by atoms with E-state index in [2.05, 4.69) is 10.3 Å². The van der Waals surface area contributed by atoms with Crippen LogP contribution in [-0.4, -0.2) is 33.1 Å². The van der Waals surface area contributed by atoms with Crippen LogP contribution in [0.1, 0.15) is 30.6 Å². The lowest BCUT2D eigenvalue weighted by molar-refractivity contribution is 0.0897. The molecule has 1 heterocycles.